The summed E-state index contributed by atoms with van der Waals surface area (Å²) in [4.78, 5) is 37.9. The van der Waals surface area contributed by atoms with Crippen molar-refractivity contribution in [2.75, 3.05) is 13.2 Å². The number of aliphatic carboxylic acids is 2. The fraction of sp³-hybridized carbons (Fsp3) is 0.900. The van der Waals surface area contributed by atoms with Crippen LogP contribution in [-0.2, 0) is 47.5 Å². The third kappa shape index (κ3) is 8.62. The van der Waals surface area contributed by atoms with Crippen molar-refractivity contribution in [1.82, 2.24) is 0 Å². The Morgan fingerprint density at radius 3 is 1.90 bits per heavy atom. The van der Waals surface area contributed by atoms with Gasteiger partial charge in [-0.05, 0) is 99.2 Å². The Bertz CT molecular complexity index is 2040. The molecule has 4 saturated carbocycles. The van der Waals surface area contributed by atoms with Crippen LogP contribution in [-0.4, -0.2) is 192 Å². The Labute approximate surface area is 413 Å². The minimum Gasteiger partial charge on any atom is -0.481 e. The first-order chi connectivity index (χ1) is 33.1. The molecule has 3 heterocycles. The normalized spacial score (nSPS) is 54.0. The summed E-state index contributed by atoms with van der Waals surface area (Å²) >= 11 is 0. The maximum atomic E-state index is 12.9. The van der Waals surface area contributed by atoms with Crippen molar-refractivity contribution in [2.24, 2.45) is 50.2 Å². The zero-order valence-corrected chi connectivity index (χ0v) is 41.9. The van der Waals surface area contributed by atoms with Gasteiger partial charge in [0, 0.05) is 24.2 Å². The van der Waals surface area contributed by atoms with E-state index in [-0.39, 0.29) is 41.6 Å². The van der Waals surface area contributed by atoms with Crippen LogP contribution in [0.3, 0.4) is 0 Å². The number of carbonyl (C=O) groups is 3. The summed E-state index contributed by atoms with van der Waals surface area (Å²) in [7, 11) is 0. The predicted molar refractivity (Wildman–Crippen MR) is 242 cm³/mol. The van der Waals surface area contributed by atoms with E-state index in [1.165, 1.54) is 19.4 Å². The SMILES string of the molecule is CC(=O)OC1CC(C)(C(=O)O)CC2C3=CCC4C5(C)CCC(OC6OC(C(=O)O)C(O)C(O)C6OC6OC(CO)C(O)C(O)C6OC6OC(C)C(O)C(O)C6O)C(C)(CO)C5CCC4(C)C3(C)CCC12C. The van der Waals surface area contributed by atoms with Gasteiger partial charge < -0.3 is 89.3 Å². The van der Waals surface area contributed by atoms with Gasteiger partial charge in [-0.1, -0.05) is 46.3 Å². The molecule has 0 aromatic carbocycles. The molecule has 71 heavy (non-hydrogen) atoms. The number of carboxylic acids is 2. The Kier molecular flexibility index (Phi) is 14.9. The van der Waals surface area contributed by atoms with Crippen LogP contribution in [0.1, 0.15) is 113 Å². The number of aliphatic hydroxyl groups excluding tert-OH is 9. The van der Waals surface area contributed by atoms with Crippen LogP contribution in [0.25, 0.3) is 0 Å². The maximum Gasteiger partial charge on any atom is 0.335 e. The predicted octanol–water partition coefficient (Wildman–Crippen LogP) is 0.340. The molecule has 0 spiro atoms. The monoisotopic (exact) mass is 1010 g/mol. The molecular weight excluding hydrogens is 937 g/mol. The molecule has 5 aliphatic carbocycles. The van der Waals surface area contributed by atoms with Gasteiger partial charge >= 0.3 is 17.9 Å². The standard InChI is InChI=1S/C50H78O21/c1-21-30(54)32(56)36(60)41(65-21)70-38-33(57)31(55)25(19-51)67-42(38)71-39-35(59)34(58)37(40(61)62)69-43(39)68-28-12-13-47(5)26(48(28,6)20-52)11-14-50(8)27(47)10-9-23-24-17-45(3,44(63)64)18-29(66-22(2)53)46(24,4)15-16-49(23,50)7/h9,21,24-39,41-43,51-52,54-60H,10-20H2,1-8H3,(H,61,62)(H,63,64). The van der Waals surface area contributed by atoms with Crippen LogP contribution in [0.15, 0.2) is 11.6 Å². The molecule has 404 valence electrons. The van der Waals surface area contributed by atoms with Crippen molar-refractivity contribution in [1.29, 1.82) is 0 Å². The Morgan fingerprint density at radius 1 is 0.662 bits per heavy atom. The molecular formula is C50H78O21. The molecule has 0 aromatic heterocycles. The number of aliphatic hydroxyl groups is 9. The molecule has 0 radical (unpaired) electrons. The quantitative estimate of drug-likeness (QED) is 0.0755. The maximum absolute atomic E-state index is 12.9. The molecule has 26 unspecified atom stereocenters. The van der Waals surface area contributed by atoms with E-state index in [0.717, 1.165) is 19.3 Å². The molecule has 21 heteroatoms. The summed E-state index contributed by atoms with van der Waals surface area (Å²) in [6.07, 6.45) is -20.8. The van der Waals surface area contributed by atoms with Crippen LogP contribution in [0, 0.1) is 50.2 Å². The first kappa shape index (κ1) is 54.8. The largest absolute Gasteiger partial charge is 0.481 e. The highest BCUT2D eigenvalue weighted by molar-refractivity contribution is 5.75. The molecule has 26 atom stereocenters. The number of allylic oxidation sites excluding steroid dienone is 2. The van der Waals surface area contributed by atoms with E-state index >= 15 is 0 Å². The first-order valence-electron chi connectivity index (χ1n) is 25.3. The van der Waals surface area contributed by atoms with Gasteiger partial charge in [-0.3, -0.25) is 9.59 Å². The number of esters is 1. The Morgan fingerprint density at radius 2 is 1.30 bits per heavy atom. The second kappa shape index (κ2) is 19.3. The molecule has 21 nitrogen and oxygen atoms in total. The van der Waals surface area contributed by atoms with Crippen LogP contribution in [0.2, 0.25) is 0 Å². The second-order valence-electron chi connectivity index (χ2n) is 23.9. The van der Waals surface area contributed by atoms with Gasteiger partial charge in [-0.25, -0.2) is 4.79 Å². The van der Waals surface area contributed by atoms with Crippen LogP contribution in [0.4, 0.5) is 0 Å². The summed E-state index contributed by atoms with van der Waals surface area (Å²) < 4.78 is 42.1. The molecule has 11 N–H and O–H groups in total. The highest BCUT2D eigenvalue weighted by atomic mass is 16.8. The van der Waals surface area contributed by atoms with E-state index in [0.29, 0.717) is 32.1 Å². The number of hydrogen-bond acceptors (Lipinski definition) is 19. The smallest absolute Gasteiger partial charge is 0.335 e. The summed E-state index contributed by atoms with van der Waals surface area (Å²) in [6.45, 7) is 14.3. The lowest BCUT2D eigenvalue weighted by atomic mass is 9.33. The minimum atomic E-state index is -2.11. The number of hydrogen-bond donors (Lipinski definition) is 11. The van der Waals surface area contributed by atoms with E-state index in [1.807, 2.05) is 6.92 Å². The fourth-order valence-electron chi connectivity index (χ4n) is 15.4. The third-order valence-electron chi connectivity index (χ3n) is 20.1. The second-order valence-corrected chi connectivity index (χ2v) is 23.9. The van der Waals surface area contributed by atoms with Gasteiger partial charge in [0.2, 0.25) is 0 Å². The Hall–Kier alpha value is -2.45. The van der Waals surface area contributed by atoms with Crippen molar-refractivity contribution in [2.45, 2.75) is 218 Å². The Balaban J connectivity index is 1.08. The summed E-state index contributed by atoms with van der Waals surface area (Å²) in [5, 5.41) is 119. The van der Waals surface area contributed by atoms with E-state index < -0.39 is 151 Å². The number of fused-ring (bicyclic) bond motifs is 7. The highest BCUT2D eigenvalue weighted by Crippen LogP contribution is 2.76. The number of ether oxygens (including phenoxy) is 7. The molecule has 7 fully saturated rings. The number of rotatable bonds is 11. The zero-order chi connectivity index (χ0) is 52.3. The van der Waals surface area contributed by atoms with Gasteiger partial charge in [-0.15, -0.1) is 0 Å². The lowest BCUT2D eigenvalue weighted by Crippen LogP contribution is -2.68. The number of carboxylic acid groups (broad SMARTS) is 2. The highest BCUT2D eigenvalue weighted by Gasteiger charge is 2.71. The van der Waals surface area contributed by atoms with E-state index in [4.69, 9.17) is 33.2 Å². The van der Waals surface area contributed by atoms with Crippen molar-refractivity contribution in [3.05, 3.63) is 11.6 Å². The van der Waals surface area contributed by atoms with E-state index in [9.17, 15) is 70.6 Å². The molecule has 3 aliphatic heterocycles. The summed E-state index contributed by atoms with van der Waals surface area (Å²) in [5.41, 5.74) is -2.39. The topological polar surface area (TPSA) is 338 Å². The van der Waals surface area contributed by atoms with Gasteiger partial charge in [0.1, 0.15) is 67.1 Å². The average molecular weight is 1020 g/mol. The lowest BCUT2D eigenvalue weighted by Gasteiger charge is -2.71. The molecule has 3 saturated heterocycles. The third-order valence-corrected chi connectivity index (χ3v) is 20.1. The summed E-state index contributed by atoms with van der Waals surface area (Å²) in [5.74, 6) is -3.23. The van der Waals surface area contributed by atoms with Gasteiger partial charge in [0.25, 0.3) is 0 Å². The van der Waals surface area contributed by atoms with E-state index in [2.05, 4.69) is 33.8 Å². The van der Waals surface area contributed by atoms with Crippen molar-refractivity contribution in [3.8, 4) is 0 Å². The average Bonchev–Trinajstić information content (AvgIpc) is 3.30. The van der Waals surface area contributed by atoms with Crippen molar-refractivity contribution < 1.29 is 104 Å². The van der Waals surface area contributed by atoms with Crippen LogP contribution in [0.5, 0.6) is 0 Å². The molecule has 0 aromatic rings. The lowest BCUT2D eigenvalue weighted by molar-refractivity contribution is -0.396. The first-order valence-corrected chi connectivity index (χ1v) is 25.3. The van der Waals surface area contributed by atoms with E-state index in [1.54, 1.807) is 6.92 Å². The van der Waals surface area contributed by atoms with Gasteiger partial charge in [-0.2, -0.15) is 0 Å². The molecule has 8 rings (SSSR count). The fourth-order valence-corrected chi connectivity index (χ4v) is 15.4. The van der Waals surface area contributed by atoms with Crippen LogP contribution < -0.4 is 0 Å². The summed E-state index contributed by atoms with van der Waals surface area (Å²) in [6, 6.07) is 0. The van der Waals surface area contributed by atoms with Crippen LogP contribution >= 0.6 is 0 Å². The molecule has 8 aliphatic rings. The minimum absolute atomic E-state index is 0.0911. The molecule has 0 amide bonds. The van der Waals surface area contributed by atoms with Crippen molar-refractivity contribution in [3.63, 3.8) is 0 Å². The van der Waals surface area contributed by atoms with Gasteiger partial charge in [0.05, 0.1) is 30.8 Å². The zero-order valence-electron chi connectivity index (χ0n) is 41.9. The number of carbonyl (C=O) groups excluding carboxylic acids is 1. The van der Waals surface area contributed by atoms with Gasteiger partial charge in [0.15, 0.2) is 25.0 Å². The molecule has 0 bridgehead atoms. The van der Waals surface area contributed by atoms with Crippen molar-refractivity contribution >= 4 is 17.9 Å².